The topological polar surface area (TPSA) is 57.5 Å². The minimum Gasteiger partial charge on any atom is -0.481 e. The first-order valence-corrected chi connectivity index (χ1v) is 7.34. The Hall–Kier alpha value is -0.570. The van der Waals surface area contributed by atoms with Gasteiger partial charge in [-0.3, -0.25) is 4.79 Å². The summed E-state index contributed by atoms with van der Waals surface area (Å²) in [6.07, 6.45) is 11.8. The number of rotatable bonds is 10. The summed E-state index contributed by atoms with van der Waals surface area (Å²) in [4.78, 5) is 9.00. The average Bonchev–Trinajstić information content (AvgIpc) is 2.31. The average molecular weight is 260 g/mol. The van der Waals surface area contributed by atoms with E-state index in [9.17, 15) is 0 Å². The Labute approximate surface area is 113 Å². The third-order valence-corrected chi connectivity index (χ3v) is 3.05. The van der Waals surface area contributed by atoms with Gasteiger partial charge < -0.3 is 10.2 Å². The van der Waals surface area contributed by atoms with Crippen molar-refractivity contribution in [3.05, 3.63) is 0 Å². The van der Waals surface area contributed by atoms with Gasteiger partial charge in [0.05, 0.1) is 0 Å². The molecule has 0 aliphatic rings. The van der Waals surface area contributed by atoms with Gasteiger partial charge in [0.25, 0.3) is 5.97 Å². The number of carboxylic acid groups (broad SMARTS) is 1. The van der Waals surface area contributed by atoms with Crippen LogP contribution in [0.2, 0.25) is 0 Å². The summed E-state index contributed by atoms with van der Waals surface area (Å²) in [6, 6.07) is 0. The lowest BCUT2D eigenvalue weighted by Crippen LogP contribution is -1.91. The van der Waals surface area contributed by atoms with Crippen LogP contribution < -0.4 is 0 Å². The molecule has 0 fully saturated rings. The molecule has 0 aromatic rings. The van der Waals surface area contributed by atoms with Gasteiger partial charge in [-0.25, -0.2) is 0 Å². The number of carboxylic acids is 1. The number of hydrogen-bond acceptors (Lipinski definition) is 2. The Morgan fingerprint density at radius 1 is 1.00 bits per heavy atom. The zero-order chi connectivity index (χ0) is 14.2. The summed E-state index contributed by atoms with van der Waals surface area (Å²) >= 11 is 0. The van der Waals surface area contributed by atoms with Crippen molar-refractivity contribution in [2.24, 2.45) is 5.92 Å². The number of unbranched alkanes of at least 4 members (excludes halogenated alkanes) is 6. The zero-order valence-electron chi connectivity index (χ0n) is 12.5. The maximum Gasteiger partial charge on any atom is 0.300 e. The Bertz CT molecular complexity index is 165. The van der Waals surface area contributed by atoms with E-state index in [2.05, 4.69) is 13.8 Å². The summed E-state index contributed by atoms with van der Waals surface area (Å²) in [5.41, 5.74) is 0. The molecule has 0 bridgehead atoms. The number of carbonyl (C=O) groups is 1. The third-order valence-electron chi connectivity index (χ3n) is 3.05. The molecular weight excluding hydrogens is 228 g/mol. The van der Waals surface area contributed by atoms with Crippen molar-refractivity contribution in [2.45, 2.75) is 78.6 Å². The molecule has 18 heavy (non-hydrogen) atoms. The van der Waals surface area contributed by atoms with Crippen molar-refractivity contribution in [3.63, 3.8) is 0 Å². The second kappa shape index (κ2) is 16.4. The normalized spacial score (nSPS) is 11.6. The predicted octanol–water partition coefficient (Wildman–Crippen LogP) is 4.24. The van der Waals surface area contributed by atoms with Crippen LogP contribution in [0.3, 0.4) is 0 Å². The summed E-state index contributed by atoms with van der Waals surface area (Å²) in [5.74, 6) is 0.0874. The molecule has 0 aliphatic carbocycles. The van der Waals surface area contributed by atoms with Crippen LogP contribution in [0.1, 0.15) is 78.6 Å². The Balaban J connectivity index is 0. The van der Waals surface area contributed by atoms with Crippen molar-refractivity contribution in [1.82, 2.24) is 0 Å². The largest absolute Gasteiger partial charge is 0.481 e. The van der Waals surface area contributed by atoms with Gasteiger partial charge >= 0.3 is 0 Å². The molecule has 0 heterocycles. The smallest absolute Gasteiger partial charge is 0.300 e. The summed E-state index contributed by atoms with van der Waals surface area (Å²) in [6.45, 7) is 6.08. The zero-order valence-corrected chi connectivity index (χ0v) is 12.5. The molecule has 110 valence electrons. The number of aliphatic carboxylic acids is 1. The molecule has 0 aromatic heterocycles. The fourth-order valence-electron chi connectivity index (χ4n) is 1.69. The van der Waals surface area contributed by atoms with Crippen molar-refractivity contribution in [3.8, 4) is 0 Å². The first-order chi connectivity index (χ1) is 8.54. The standard InChI is InChI=1S/C13H28O.C2H4O2/c1-3-13(2)11-9-7-5-4-6-8-10-12-14;1-2(3)4/h13-14H,3-12H2,1-2H3;1H3,(H,3,4). The fraction of sp³-hybridized carbons (Fsp3) is 0.933. The Morgan fingerprint density at radius 2 is 1.39 bits per heavy atom. The number of aliphatic hydroxyl groups is 1. The van der Waals surface area contributed by atoms with Gasteiger partial charge in [-0.1, -0.05) is 65.2 Å². The molecule has 2 N–H and O–H groups in total. The van der Waals surface area contributed by atoms with Crippen molar-refractivity contribution in [2.75, 3.05) is 6.61 Å². The lowest BCUT2D eigenvalue weighted by molar-refractivity contribution is -0.134. The van der Waals surface area contributed by atoms with Crippen LogP contribution in [0.25, 0.3) is 0 Å². The Kier molecular flexibility index (Phi) is 18.0. The SMILES string of the molecule is CC(=O)O.CCC(C)CCCCCCCCCO. The molecule has 0 spiro atoms. The highest BCUT2D eigenvalue weighted by Gasteiger charge is 1.97. The van der Waals surface area contributed by atoms with Gasteiger partial charge in [0.2, 0.25) is 0 Å². The summed E-state index contributed by atoms with van der Waals surface area (Å²) in [7, 11) is 0. The minimum absolute atomic E-state index is 0.369. The second-order valence-corrected chi connectivity index (χ2v) is 5.02. The molecule has 3 nitrogen and oxygen atoms in total. The summed E-state index contributed by atoms with van der Waals surface area (Å²) < 4.78 is 0. The fourth-order valence-corrected chi connectivity index (χ4v) is 1.69. The van der Waals surface area contributed by atoms with Gasteiger partial charge in [-0.15, -0.1) is 0 Å². The first kappa shape index (κ1) is 19.8. The van der Waals surface area contributed by atoms with Crippen LogP contribution in [0.4, 0.5) is 0 Å². The maximum atomic E-state index is 9.00. The first-order valence-electron chi connectivity index (χ1n) is 7.34. The van der Waals surface area contributed by atoms with E-state index >= 15 is 0 Å². The van der Waals surface area contributed by atoms with Crippen LogP contribution in [0.5, 0.6) is 0 Å². The molecule has 3 heteroatoms. The molecule has 0 radical (unpaired) electrons. The molecule has 0 aromatic carbocycles. The van der Waals surface area contributed by atoms with E-state index in [1.54, 1.807) is 0 Å². The van der Waals surface area contributed by atoms with Crippen LogP contribution in [-0.4, -0.2) is 22.8 Å². The number of hydrogen-bond donors (Lipinski definition) is 2. The molecule has 0 aliphatic heterocycles. The lowest BCUT2D eigenvalue weighted by atomic mass is 10.00. The highest BCUT2D eigenvalue weighted by molar-refractivity contribution is 5.62. The predicted molar refractivity (Wildman–Crippen MR) is 76.8 cm³/mol. The maximum absolute atomic E-state index is 9.00. The highest BCUT2D eigenvalue weighted by atomic mass is 16.4. The van der Waals surface area contributed by atoms with Gasteiger partial charge in [0.15, 0.2) is 0 Å². The van der Waals surface area contributed by atoms with Gasteiger partial charge in [0, 0.05) is 13.5 Å². The molecule has 1 unspecified atom stereocenters. The molecule has 0 saturated carbocycles. The second-order valence-electron chi connectivity index (χ2n) is 5.02. The quantitative estimate of drug-likeness (QED) is 0.578. The van der Waals surface area contributed by atoms with E-state index in [1.807, 2.05) is 0 Å². The van der Waals surface area contributed by atoms with Crippen molar-refractivity contribution < 1.29 is 15.0 Å². The van der Waals surface area contributed by atoms with E-state index < -0.39 is 5.97 Å². The molecule has 0 rings (SSSR count). The van der Waals surface area contributed by atoms with Crippen molar-refractivity contribution >= 4 is 5.97 Å². The van der Waals surface area contributed by atoms with Gasteiger partial charge in [-0.05, 0) is 12.3 Å². The molecule has 0 amide bonds. The summed E-state index contributed by atoms with van der Waals surface area (Å²) in [5, 5.41) is 16.0. The third kappa shape index (κ3) is 24.6. The number of aliphatic hydroxyl groups excluding tert-OH is 1. The van der Waals surface area contributed by atoms with E-state index in [1.165, 1.54) is 51.4 Å². The van der Waals surface area contributed by atoms with E-state index in [4.69, 9.17) is 15.0 Å². The van der Waals surface area contributed by atoms with Gasteiger partial charge in [0.1, 0.15) is 0 Å². The molecule has 1 atom stereocenters. The van der Waals surface area contributed by atoms with E-state index in [0.29, 0.717) is 6.61 Å². The van der Waals surface area contributed by atoms with Gasteiger partial charge in [-0.2, -0.15) is 0 Å². The van der Waals surface area contributed by atoms with Crippen LogP contribution in [-0.2, 0) is 4.79 Å². The van der Waals surface area contributed by atoms with E-state index in [-0.39, 0.29) is 0 Å². The minimum atomic E-state index is -0.833. The Morgan fingerprint density at radius 3 is 1.78 bits per heavy atom. The molecular formula is C15H32O3. The monoisotopic (exact) mass is 260 g/mol. The van der Waals surface area contributed by atoms with E-state index in [0.717, 1.165) is 19.3 Å². The van der Waals surface area contributed by atoms with Crippen LogP contribution in [0, 0.1) is 5.92 Å². The molecule has 0 saturated heterocycles. The highest BCUT2D eigenvalue weighted by Crippen LogP contribution is 2.14. The van der Waals surface area contributed by atoms with Crippen LogP contribution in [0.15, 0.2) is 0 Å². The lowest BCUT2D eigenvalue weighted by Gasteiger charge is -2.07. The van der Waals surface area contributed by atoms with Crippen molar-refractivity contribution in [1.29, 1.82) is 0 Å². The van der Waals surface area contributed by atoms with Crippen LogP contribution >= 0.6 is 0 Å².